The number of methoxy groups -OCH3 is 1. The third-order valence-corrected chi connectivity index (χ3v) is 6.70. The van der Waals surface area contributed by atoms with E-state index in [1.165, 1.54) is 49.3 Å². The van der Waals surface area contributed by atoms with Crippen molar-refractivity contribution in [2.75, 3.05) is 7.11 Å². The van der Waals surface area contributed by atoms with Crippen LogP contribution in [0.15, 0.2) is 36.4 Å². The second kappa shape index (κ2) is 6.70. The standard InChI is InChI=1S/C24H28O3/c1-15-11-19(7-9-22(15)26-4)24(14-18-5-6-21(24)13-18)20-8-10-23(16(2)12-20)27-17(3)25/h7-12,18,21H,5-6,13-14H2,1-4H3. The van der Waals surface area contributed by atoms with Crippen molar-refractivity contribution in [3.05, 3.63) is 58.7 Å². The highest BCUT2D eigenvalue weighted by Crippen LogP contribution is 2.60. The van der Waals surface area contributed by atoms with Crippen molar-refractivity contribution in [3.8, 4) is 11.5 Å². The highest BCUT2D eigenvalue weighted by Gasteiger charge is 2.52. The maximum absolute atomic E-state index is 11.4. The zero-order valence-corrected chi connectivity index (χ0v) is 16.7. The smallest absolute Gasteiger partial charge is 0.308 e. The first-order valence-corrected chi connectivity index (χ1v) is 9.88. The molecule has 0 spiro atoms. The van der Waals surface area contributed by atoms with Gasteiger partial charge in [-0.2, -0.15) is 0 Å². The van der Waals surface area contributed by atoms with Gasteiger partial charge in [0.25, 0.3) is 0 Å². The molecule has 3 nitrogen and oxygen atoms in total. The molecule has 3 atom stereocenters. The number of fused-ring (bicyclic) bond motifs is 2. The predicted octanol–water partition coefficient (Wildman–Crippen LogP) is 5.34. The molecular weight excluding hydrogens is 336 g/mol. The summed E-state index contributed by atoms with van der Waals surface area (Å²) < 4.78 is 10.8. The molecule has 0 saturated heterocycles. The summed E-state index contributed by atoms with van der Waals surface area (Å²) >= 11 is 0. The number of esters is 1. The van der Waals surface area contributed by atoms with Crippen molar-refractivity contribution >= 4 is 5.97 Å². The van der Waals surface area contributed by atoms with E-state index in [-0.39, 0.29) is 11.4 Å². The molecule has 2 aliphatic rings. The molecule has 0 aromatic heterocycles. The number of ether oxygens (including phenoxy) is 2. The Kier molecular flexibility index (Phi) is 4.49. The SMILES string of the molecule is COc1ccc(C2(c3ccc(OC(C)=O)c(C)c3)CC3CCC2C3)cc1C. The minimum atomic E-state index is -0.272. The second-order valence-corrected chi connectivity index (χ2v) is 8.31. The minimum absolute atomic E-state index is 0.0550. The Balaban J connectivity index is 1.82. The Morgan fingerprint density at radius 2 is 1.63 bits per heavy atom. The van der Waals surface area contributed by atoms with E-state index in [2.05, 4.69) is 37.3 Å². The van der Waals surface area contributed by atoms with Gasteiger partial charge in [-0.3, -0.25) is 4.79 Å². The minimum Gasteiger partial charge on any atom is -0.496 e. The van der Waals surface area contributed by atoms with Crippen LogP contribution in [0, 0.1) is 25.7 Å². The van der Waals surface area contributed by atoms with Gasteiger partial charge in [0.15, 0.2) is 0 Å². The molecule has 0 radical (unpaired) electrons. The first-order chi connectivity index (χ1) is 12.9. The van der Waals surface area contributed by atoms with Crippen molar-refractivity contribution in [2.24, 2.45) is 11.8 Å². The number of carbonyl (C=O) groups excluding carboxylic acids is 1. The lowest BCUT2D eigenvalue weighted by Gasteiger charge is -2.40. The maximum Gasteiger partial charge on any atom is 0.308 e. The molecule has 3 heteroatoms. The van der Waals surface area contributed by atoms with Gasteiger partial charge in [0, 0.05) is 12.3 Å². The van der Waals surface area contributed by atoms with Crippen LogP contribution in [0.3, 0.4) is 0 Å². The number of hydrogen-bond donors (Lipinski definition) is 0. The number of benzene rings is 2. The fraction of sp³-hybridized carbons (Fsp3) is 0.458. The topological polar surface area (TPSA) is 35.5 Å². The fourth-order valence-electron chi connectivity index (χ4n) is 5.56. The molecule has 2 aliphatic carbocycles. The Labute approximate surface area is 161 Å². The molecule has 0 N–H and O–H groups in total. The number of rotatable bonds is 4. The van der Waals surface area contributed by atoms with Crippen molar-refractivity contribution in [1.29, 1.82) is 0 Å². The zero-order valence-electron chi connectivity index (χ0n) is 16.7. The molecule has 3 unspecified atom stereocenters. The first kappa shape index (κ1) is 18.1. The van der Waals surface area contributed by atoms with E-state index in [1.54, 1.807) is 7.11 Å². The molecule has 27 heavy (non-hydrogen) atoms. The van der Waals surface area contributed by atoms with E-state index in [0.29, 0.717) is 11.7 Å². The third kappa shape index (κ3) is 2.93. The zero-order chi connectivity index (χ0) is 19.2. The summed E-state index contributed by atoms with van der Waals surface area (Å²) in [5, 5.41) is 0. The van der Waals surface area contributed by atoms with Crippen LogP contribution in [0.1, 0.15) is 54.9 Å². The molecule has 2 fully saturated rings. The summed E-state index contributed by atoms with van der Waals surface area (Å²) in [6, 6.07) is 13.1. The molecule has 0 heterocycles. The summed E-state index contributed by atoms with van der Waals surface area (Å²) in [5.74, 6) is 2.82. The van der Waals surface area contributed by atoms with Crippen LogP contribution >= 0.6 is 0 Å². The van der Waals surface area contributed by atoms with Crippen LogP contribution < -0.4 is 9.47 Å². The molecule has 0 aliphatic heterocycles. The molecule has 4 rings (SSSR count). The van der Waals surface area contributed by atoms with Crippen molar-refractivity contribution < 1.29 is 14.3 Å². The number of carbonyl (C=O) groups is 1. The van der Waals surface area contributed by atoms with Crippen molar-refractivity contribution in [1.82, 2.24) is 0 Å². The van der Waals surface area contributed by atoms with Gasteiger partial charge in [-0.25, -0.2) is 0 Å². The van der Waals surface area contributed by atoms with Gasteiger partial charge in [-0.05, 0) is 79.3 Å². The van der Waals surface area contributed by atoms with Gasteiger partial charge in [0.2, 0.25) is 0 Å². The number of hydrogen-bond acceptors (Lipinski definition) is 3. The summed E-state index contributed by atoms with van der Waals surface area (Å²) in [5.41, 5.74) is 5.01. The lowest BCUT2D eigenvalue weighted by atomic mass is 9.64. The average molecular weight is 364 g/mol. The maximum atomic E-state index is 11.4. The molecular formula is C24H28O3. The van der Waals surface area contributed by atoms with Crippen LogP contribution in [0.5, 0.6) is 11.5 Å². The van der Waals surface area contributed by atoms with E-state index in [9.17, 15) is 4.79 Å². The fourth-order valence-corrected chi connectivity index (χ4v) is 5.56. The van der Waals surface area contributed by atoms with E-state index in [1.807, 2.05) is 13.0 Å². The summed E-state index contributed by atoms with van der Waals surface area (Å²) in [6.45, 7) is 5.60. The van der Waals surface area contributed by atoms with E-state index in [0.717, 1.165) is 17.2 Å². The molecule has 2 aromatic carbocycles. The lowest BCUT2D eigenvalue weighted by Crippen LogP contribution is -2.34. The van der Waals surface area contributed by atoms with Crippen molar-refractivity contribution in [3.63, 3.8) is 0 Å². The predicted molar refractivity (Wildman–Crippen MR) is 106 cm³/mol. The highest BCUT2D eigenvalue weighted by atomic mass is 16.5. The van der Waals surface area contributed by atoms with E-state index >= 15 is 0 Å². The second-order valence-electron chi connectivity index (χ2n) is 8.31. The molecule has 0 amide bonds. The van der Waals surface area contributed by atoms with Gasteiger partial charge in [-0.1, -0.05) is 30.7 Å². The Bertz CT molecular complexity index is 885. The third-order valence-electron chi connectivity index (χ3n) is 6.70. The summed E-state index contributed by atoms with van der Waals surface area (Å²) in [7, 11) is 1.73. The van der Waals surface area contributed by atoms with Crippen LogP contribution in [0.4, 0.5) is 0 Å². The van der Waals surface area contributed by atoms with E-state index < -0.39 is 0 Å². The Morgan fingerprint density at radius 3 is 2.07 bits per heavy atom. The van der Waals surface area contributed by atoms with Crippen molar-refractivity contribution in [2.45, 2.75) is 51.9 Å². The van der Waals surface area contributed by atoms with Gasteiger partial charge in [-0.15, -0.1) is 0 Å². The van der Waals surface area contributed by atoms with Crippen LogP contribution in [-0.4, -0.2) is 13.1 Å². The van der Waals surface area contributed by atoms with Crippen LogP contribution in [0.2, 0.25) is 0 Å². The first-order valence-electron chi connectivity index (χ1n) is 9.88. The molecule has 2 saturated carbocycles. The van der Waals surface area contributed by atoms with Gasteiger partial charge >= 0.3 is 5.97 Å². The highest BCUT2D eigenvalue weighted by molar-refractivity contribution is 5.70. The van der Waals surface area contributed by atoms with Crippen LogP contribution in [-0.2, 0) is 10.2 Å². The summed E-state index contributed by atoms with van der Waals surface area (Å²) in [6.07, 6.45) is 5.16. The Morgan fingerprint density at radius 1 is 1.00 bits per heavy atom. The largest absolute Gasteiger partial charge is 0.496 e. The average Bonchev–Trinajstić information content (AvgIpc) is 3.25. The molecule has 2 aromatic rings. The molecule has 2 bridgehead atoms. The normalized spacial score (nSPS) is 26.2. The monoisotopic (exact) mass is 364 g/mol. The summed E-state index contributed by atoms with van der Waals surface area (Å²) in [4.78, 5) is 11.4. The van der Waals surface area contributed by atoms with Gasteiger partial charge in [0.05, 0.1) is 7.11 Å². The number of aryl methyl sites for hydroxylation is 2. The Hall–Kier alpha value is -2.29. The van der Waals surface area contributed by atoms with Gasteiger partial charge in [0.1, 0.15) is 11.5 Å². The van der Waals surface area contributed by atoms with Gasteiger partial charge < -0.3 is 9.47 Å². The molecule has 142 valence electrons. The van der Waals surface area contributed by atoms with Crippen LogP contribution in [0.25, 0.3) is 0 Å². The lowest BCUT2D eigenvalue weighted by molar-refractivity contribution is -0.131. The van der Waals surface area contributed by atoms with E-state index in [4.69, 9.17) is 9.47 Å². The quantitative estimate of drug-likeness (QED) is 0.542.